The Morgan fingerprint density at radius 1 is 0.667 bits per heavy atom. The number of hydrogen-bond donors (Lipinski definition) is 2. The van der Waals surface area contributed by atoms with E-state index in [0.29, 0.717) is 13.2 Å². The summed E-state index contributed by atoms with van der Waals surface area (Å²) in [6.45, 7) is 7.88. The first-order valence-electron chi connectivity index (χ1n) is 10.7. The summed E-state index contributed by atoms with van der Waals surface area (Å²) in [5.41, 5.74) is 4.80. The summed E-state index contributed by atoms with van der Waals surface area (Å²) in [4.78, 5) is 0. The van der Waals surface area contributed by atoms with Crippen LogP contribution in [0.2, 0.25) is 0 Å². The minimum absolute atomic E-state index is 0.678. The normalized spacial score (nSPS) is 10.6. The fourth-order valence-corrected chi connectivity index (χ4v) is 3.33. The van der Waals surface area contributed by atoms with Gasteiger partial charge in [0.05, 0.1) is 13.2 Å². The van der Waals surface area contributed by atoms with E-state index >= 15 is 0 Å². The minimum atomic E-state index is 0.678. The second kappa shape index (κ2) is 11.9. The Balaban J connectivity index is 1.44. The number of rotatable bonds is 12. The smallest absolute Gasteiger partial charge is 0.124 e. The van der Waals surface area contributed by atoms with Gasteiger partial charge in [-0.3, -0.25) is 0 Å². The summed E-state index contributed by atoms with van der Waals surface area (Å²) in [7, 11) is 0. The predicted molar refractivity (Wildman–Crippen MR) is 124 cm³/mol. The molecule has 0 radical (unpaired) electrons. The van der Waals surface area contributed by atoms with Gasteiger partial charge >= 0.3 is 0 Å². The Morgan fingerprint density at radius 2 is 1.23 bits per heavy atom. The molecule has 0 spiro atoms. The fourth-order valence-electron chi connectivity index (χ4n) is 3.33. The maximum Gasteiger partial charge on any atom is 0.124 e. The van der Waals surface area contributed by atoms with Crippen LogP contribution in [0.5, 0.6) is 11.5 Å². The average molecular weight is 405 g/mol. The quantitative estimate of drug-likeness (QED) is 0.395. The number of ether oxygens (including phenoxy) is 2. The number of anilines is 1. The lowest BCUT2D eigenvalue weighted by Gasteiger charge is -2.12. The van der Waals surface area contributed by atoms with Crippen molar-refractivity contribution in [2.24, 2.45) is 0 Å². The average Bonchev–Trinajstić information content (AvgIpc) is 2.78. The molecule has 0 bridgehead atoms. The molecule has 0 amide bonds. The van der Waals surface area contributed by atoms with E-state index in [0.717, 1.165) is 43.2 Å². The van der Waals surface area contributed by atoms with E-state index in [1.54, 1.807) is 0 Å². The van der Waals surface area contributed by atoms with Crippen LogP contribution >= 0.6 is 0 Å². The molecule has 158 valence electrons. The molecule has 0 aromatic heterocycles. The van der Waals surface area contributed by atoms with Crippen molar-refractivity contribution < 1.29 is 9.47 Å². The second-order valence-electron chi connectivity index (χ2n) is 7.06. The van der Waals surface area contributed by atoms with Gasteiger partial charge in [-0.05, 0) is 56.6 Å². The molecular weight excluding hydrogens is 372 g/mol. The lowest BCUT2D eigenvalue weighted by Crippen LogP contribution is -2.17. The highest BCUT2D eigenvalue weighted by molar-refractivity contribution is 5.46. The number of benzene rings is 3. The summed E-state index contributed by atoms with van der Waals surface area (Å²) in [5.74, 6) is 1.91. The Kier molecular flexibility index (Phi) is 8.61. The molecule has 4 nitrogen and oxygen atoms in total. The topological polar surface area (TPSA) is 42.5 Å². The lowest BCUT2D eigenvalue weighted by molar-refractivity contribution is 0.335. The first kappa shape index (κ1) is 21.7. The van der Waals surface area contributed by atoms with Gasteiger partial charge in [0.1, 0.15) is 11.5 Å². The SMILES string of the molecule is CCOc1ccccc1CNCCc1ccc(NCc2ccccc2OCC)cc1. The van der Waals surface area contributed by atoms with Crippen LogP contribution in [0.15, 0.2) is 72.8 Å². The van der Waals surface area contributed by atoms with Gasteiger partial charge in [-0.15, -0.1) is 0 Å². The van der Waals surface area contributed by atoms with Crippen molar-refractivity contribution in [1.29, 1.82) is 0 Å². The maximum atomic E-state index is 5.70. The third kappa shape index (κ3) is 6.53. The highest BCUT2D eigenvalue weighted by Gasteiger charge is 2.03. The largest absolute Gasteiger partial charge is 0.494 e. The molecule has 0 atom stereocenters. The molecule has 30 heavy (non-hydrogen) atoms. The summed E-state index contributed by atoms with van der Waals surface area (Å²) < 4.78 is 11.4. The summed E-state index contributed by atoms with van der Waals surface area (Å²) in [6, 6.07) is 25.0. The minimum Gasteiger partial charge on any atom is -0.494 e. The number of para-hydroxylation sites is 2. The van der Waals surface area contributed by atoms with E-state index in [1.807, 2.05) is 44.2 Å². The molecule has 2 N–H and O–H groups in total. The molecule has 4 heteroatoms. The maximum absolute atomic E-state index is 5.70. The summed E-state index contributed by atoms with van der Waals surface area (Å²) in [5, 5.41) is 7.00. The zero-order chi connectivity index (χ0) is 21.0. The van der Waals surface area contributed by atoms with E-state index < -0.39 is 0 Å². The molecule has 0 aliphatic rings. The lowest BCUT2D eigenvalue weighted by atomic mass is 10.1. The van der Waals surface area contributed by atoms with Crippen molar-refractivity contribution in [3.8, 4) is 11.5 Å². The van der Waals surface area contributed by atoms with Crippen LogP contribution in [0, 0.1) is 0 Å². The summed E-state index contributed by atoms with van der Waals surface area (Å²) >= 11 is 0. The molecule has 0 saturated heterocycles. The van der Waals surface area contributed by atoms with Crippen LogP contribution < -0.4 is 20.1 Å². The van der Waals surface area contributed by atoms with Crippen molar-refractivity contribution in [3.63, 3.8) is 0 Å². The number of nitrogens with one attached hydrogen (secondary N) is 2. The Morgan fingerprint density at radius 3 is 1.83 bits per heavy atom. The molecule has 0 aliphatic carbocycles. The van der Waals surface area contributed by atoms with Gasteiger partial charge in [0.15, 0.2) is 0 Å². The van der Waals surface area contributed by atoms with Crippen molar-refractivity contribution >= 4 is 5.69 Å². The van der Waals surface area contributed by atoms with Gasteiger partial charge in [-0.1, -0.05) is 48.5 Å². The van der Waals surface area contributed by atoms with Gasteiger partial charge in [0.2, 0.25) is 0 Å². The van der Waals surface area contributed by atoms with E-state index in [1.165, 1.54) is 16.7 Å². The van der Waals surface area contributed by atoms with Gasteiger partial charge < -0.3 is 20.1 Å². The molecule has 0 unspecified atom stereocenters. The first-order chi connectivity index (χ1) is 14.8. The molecule has 3 aromatic rings. The Hall–Kier alpha value is -2.98. The van der Waals surface area contributed by atoms with Crippen molar-refractivity contribution in [1.82, 2.24) is 5.32 Å². The van der Waals surface area contributed by atoms with Crippen molar-refractivity contribution in [3.05, 3.63) is 89.5 Å². The second-order valence-corrected chi connectivity index (χ2v) is 7.06. The van der Waals surface area contributed by atoms with E-state index in [-0.39, 0.29) is 0 Å². The third-order valence-corrected chi connectivity index (χ3v) is 4.89. The molecule has 0 fully saturated rings. The molecule has 0 saturated carbocycles. The van der Waals surface area contributed by atoms with Crippen LogP contribution in [-0.4, -0.2) is 19.8 Å². The van der Waals surface area contributed by atoms with Crippen LogP contribution in [-0.2, 0) is 19.5 Å². The van der Waals surface area contributed by atoms with Crippen LogP contribution in [0.1, 0.15) is 30.5 Å². The highest BCUT2D eigenvalue weighted by atomic mass is 16.5. The monoisotopic (exact) mass is 404 g/mol. The first-order valence-corrected chi connectivity index (χ1v) is 10.7. The van der Waals surface area contributed by atoms with Gasteiger partial charge in [-0.2, -0.15) is 0 Å². The van der Waals surface area contributed by atoms with Gasteiger partial charge in [0, 0.05) is 29.9 Å². The van der Waals surface area contributed by atoms with Crippen molar-refractivity contribution in [2.75, 3.05) is 25.1 Å². The zero-order valence-corrected chi connectivity index (χ0v) is 18.0. The summed E-state index contributed by atoms with van der Waals surface area (Å²) in [6.07, 6.45) is 0.990. The molecular formula is C26H32N2O2. The van der Waals surface area contributed by atoms with Gasteiger partial charge in [0.25, 0.3) is 0 Å². The molecule has 0 heterocycles. The standard InChI is InChI=1S/C26H32N2O2/c1-3-29-25-11-7-5-9-22(25)19-27-18-17-21-13-15-24(16-14-21)28-20-23-10-6-8-12-26(23)30-4-2/h5-16,27-28H,3-4,17-20H2,1-2H3. The molecule has 3 aromatic carbocycles. The van der Waals surface area contributed by atoms with Crippen LogP contribution in [0.3, 0.4) is 0 Å². The van der Waals surface area contributed by atoms with E-state index in [9.17, 15) is 0 Å². The van der Waals surface area contributed by atoms with Crippen molar-refractivity contribution in [2.45, 2.75) is 33.4 Å². The Labute approximate surface area is 180 Å². The molecule has 0 aliphatic heterocycles. The van der Waals surface area contributed by atoms with Gasteiger partial charge in [-0.25, -0.2) is 0 Å². The van der Waals surface area contributed by atoms with Crippen LogP contribution in [0.4, 0.5) is 5.69 Å². The molecule has 3 rings (SSSR count). The fraction of sp³-hybridized carbons (Fsp3) is 0.308. The number of hydrogen-bond acceptors (Lipinski definition) is 4. The Bertz CT molecular complexity index is 894. The van der Waals surface area contributed by atoms with Crippen LogP contribution in [0.25, 0.3) is 0 Å². The third-order valence-electron chi connectivity index (χ3n) is 4.89. The zero-order valence-electron chi connectivity index (χ0n) is 18.0. The predicted octanol–water partition coefficient (Wildman–Crippen LogP) is 5.43. The van der Waals surface area contributed by atoms with E-state index in [4.69, 9.17) is 9.47 Å². The highest BCUT2D eigenvalue weighted by Crippen LogP contribution is 2.20. The van der Waals surface area contributed by atoms with E-state index in [2.05, 4.69) is 53.1 Å².